The summed E-state index contributed by atoms with van der Waals surface area (Å²) in [6.45, 7) is 3.90. The second-order valence-electron chi connectivity index (χ2n) is 5.29. The fourth-order valence-electron chi connectivity index (χ4n) is 2.57. The predicted octanol–water partition coefficient (Wildman–Crippen LogP) is 2.51. The fourth-order valence-corrected chi connectivity index (χ4v) is 2.75. The van der Waals surface area contributed by atoms with Gasteiger partial charge in [0.2, 0.25) is 5.91 Å². The van der Waals surface area contributed by atoms with Crippen LogP contribution in [0.2, 0.25) is 5.02 Å². The van der Waals surface area contributed by atoms with Crippen molar-refractivity contribution in [3.05, 3.63) is 29.0 Å². The Morgan fingerprint density at radius 2 is 2.29 bits per heavy atom. The van der Waals surface area contributed by atoms with Gasteiger partial charge in [-0.1, -0.05) is 11.6 Å². The van der Waals surface area contributed by atoms with Gasteiger partial charge in [0.1, 0.15) is 5.82 Å². The average Bonchev–Trinajstić information content (AvgIpc) is 2.74. The van der Waals surface area contributed by atoms with Gasteiger partial charge in [0.15, 0.2) is 0 Å². The highest BCUT2D eigenvalue weighted by Crippen LogP contribution is 2.22. The molecule has 2 unspecified atom stereocenters. The highest BCUT2D eigenvalue weighted by atomic mass is 35.5. The van der Waals surface area contributed by atoms with Crippen LogP contribution in [-0.4, -0.2) is 36.5 Å². The first-order valence-corrected chi connectivity index (χ1v) is 7.06. The smallest absolute Gasteiger partial charge is 0.238 e. The van der Waals surface area contributed by atoms with Crippen molar-refractivity contribution >= 4 is 35.6 Å². The Bertz CT molecular complexity index is 501. The van der Waals surface area contributed by atoms with Gasteiger partial charge in [-0.15, -0.1) is 12.4 Å². The van der Waals surface area contributed by atoms with Crippen LogP contribution in [-0.2, 0) is 4.79 Å². The van der Waals surface area contributed by atoms with Gasteiger partial charge < -0.3 is 11.1 Å². The standard InChI is InChI=1S/C14H19ClFN3O.ClH/c1-9-4-10(6-17)7-19(9)8-14(20)18-11-2-3-13(16)12(15)5-11;/h2-3,5,9-10H,4,6-8,17H2,1H3,(H,18,20);1H. The molecule has 1 heterocycles. The van der Waals surface area contributed by atoms with E-state index in [1.807, 2.05) is 0 Å². The number of nitrogens with one attached hydrogen (secondary N) is 1. The zero-order chi connectivity index (χ0) is 14.7. The van der Waals surface area contributed by atoms with Crippen LogP contribution in [0.15, 0.2) is 18.2 Å². The molecule has 1 aromatic carbocycles. The Hall–Kier alpha value is -0.880. The molecule has 118 valence electrons. The number of halogens is 3. The predicted molar refractivity (Wildman–Crippen MR) is 85.5 cm³/mol. The van der Waals surface area contributed by atoms with Gasteiger partial charge in [-0.3, -0.25) is 9.69 Å². The Kier molecular flexibility index (Phi) is 6.87. The summed E-state index contributed by atoms with van der Waals surface area (Å²) in [6, 6.07) is 4.49. The average molecular weight is 336 g/mol. The molecule has 1 aliphatic rings. The fraction of sp³-hybridized carbons (Fsp3) is 0.500. The van der Waals surface area contributed by atoms with Gasteiger partial charge in [0, 0.05) is 18.3 Å². The molecule has 0 aliphatic carbocycles. The second kappa shape index (κ2) is 7.94. The first-order chi connectivity index (χ1) is 9.49. The molecular weight excluding hydrogens is 316 g/mol. The van der Waals surface area contributed by atoms with E-state index in [0.717, 1.165) is 13.0 Å². The number of anilines is 1. The Balaban J connectivity index is 0.00000220. The maximum absolute atomic E-state index is 13.0. The number of rotatable bonds is 4. The van der Waals surface area contributed by atoms with Crippen LogP contribution >= 0.6 is 24.0 Å². The third kappa shape index (κ3) is 4.81. The molecule has 2 rings (SSSR count). The summed E-state index contributed by atoms with van der Waals surface area (Å²) in [6.07, 6.45) is 1.02. The van der Waals surface area contributed by atoms with Gasteiger partial charge >= 0.3 is 0 Å². The molecule has 0 bridgehead atoms. The lowest BCUT2D eigenvalue weighted by Crippen LogP contribution is -2.36. The highest BCUT2D eigenvalue weighted by molar-refractivity contribution is 6.31. The van der Waals surface area contributed by atoms with Crippen LogP contribution in [0.5, 0.6) is 0 Å². The summed E-state index contributed by atoms with van der Waals surface area (Å²) < 4.78 is 13.0. The molecule has 0 spiro atoms. The minimum absolute atomic E-state index is 0. The Morgan fingerprint density at radius 3 is 2.86 bits per heavy atom. The topological polar surface area (TPSA) is 58.4 Å². The molecular formula is C14H20Cl2FN3O. The SMILES string of the molecule is CC1CC(CN)CN1CC(=O)Nc1ccc(F)c(Cl)c1.Cl. The number of hydrogen-bond donors (Lipinski definition) is 2. The molecule has 1 amide bonds. The summed E-state index contributed by atoms with van der Waals surface area (Å²) in [5.41, 5.74) is 6.17. The summed E-state index contributed by atoms with van der Waals surface area (Å²) in [4.78, 5) is 14.1. The van der Waals surface area contributed by atoms with Crippen LogP contribution in [0, 0.1) is 11.7 Å². The van der Waals surface area contributed by atoms with Crippen molar-refractivity contribution in [1.82, 2.24) is 4.90 Å². The van der Waals surface area contributed by atoms with Crippen LogP contribution in [0.1, 0.15) is 13.3 Å². The van der Waals surface area contributed by atoms with E-state index in [4.69, 9.17) is 17.3 Å². The maximum Gasteiger partial charge on any atom is 0.238 e. The van der Waals surface area contributed by atoms with Gasteiger partial charge in [-0.2, -0.15) is 0 Å². The first-order valence-electron chi connectivity index (χ1n) is 6.68. The second-order valence-corrected chi connectivity index (χ2v) is 5.70. The highest BCUT2D eigenvalue weighted by Gasteiger charge is 2.29. The lowest BCUT2D eigenvalue weighted by molar-refractivity contribution is -0.117. The van der Waals surface area contributed by atoms with Gasteiger partial charge in [0.05, 0.1) is 11.6 Å². The molecule has 3 N–H and O–H groups in total. The van der Waals surface area contributed by atoms with Crippen molar-refractivity contribution in [2.45, 2.75) is 19.4 Å². The number of amides is 1. The summed E-state index contributed by atoms with van der Waals surface area (Å²) in [5, 5.41) is 2.73. The first kappa shape index (κ1) is 18.2. The van der Waals surface area contributed by atoms with Crippen molar-refractivity contribution in [3.8, 4) is 0 Å². The Labute approximate surface area is 135 Å². The van der Waals surface area contributed by atoms with Crippen LogP contribution in [0.25, 0.3) is 0 Å². The van der Waals surface area contributed by atoms with Crippen molar-refractivity contribution in [2.24, 2.45) is 11.7 Å². The molecule has 1 fully saturated rings. The lowest BCUT2D eigenvalue weighted by Gasteiger charge is -2.20. The molecule has 2 atom stereocenters. The number of hydrogen-bond acceptors (Lipinski definition) is 3. The maximum atomic E-state index is 13.0. The molecule has 21 heavy (non-hydrogen) atoms. The molecule has 1 aromatic rings. The largest absolute Gasteiger partial charge is 0.330 e. The molecule has 7 heteroatoms. The van der Waals surface area contributed by atoms with E-state index in [2.05, 4.69) is 17.1 Å². The van der Waals surface area contributed by atoms with E-state index in [9.17, 15) is 9.18 Å². The van der Waals surface area contributed by atoms with Gasteiger partial charge in [0.25, 0.3) is 0 Å². The zero-order valence-corrected chi connectivity index (χ0v) is 13.4. The third-order valence-corrected chi connectivity index (χ3v) is 3.96. The van der Waals surface area contributed by atoms with Crippen LogP contribution in [0.4, 0.5) is 10.1 Å². The quantitative estimate of drug-likeness (QED) is 0.888. The zero-order valence-electron chi connectivity index (χ0n) is 11.8. The number of carbonyl (C=O) groups is 1. The van der Waals surface area contributed by atoms with Gasteiger partial charge in [-0.05, 0) is 44.0 Å². The normalized spacial score (nSPS) is 21.9. The van der Waals surface area contributed by atoms with E-state index < -0.39 is 5.82 Å². The molecule has 4 nitrogen and oxygen atoms in total. The van der Waals surface area contributed by atoms with Gasteiger partial charge in [-0.25, -0.2) is 4.39 Å². The summed E-state index contributed by atoms with van der Waals surface area (Å²) >= 11 is 5.68. The van der Waals surface area contributed by atoms with Crippen molar-refractivity contribution in [3.63, 3.8) is 0 Å². The van der Waals surface area contributed by atoms with Crippen LogP contribution < -0.4 is 11.1 Å². The van der Waals surface area contributed by atoms with Crippen molar-refractivity contribution in [1.29, 1.82) is 0 Å². The number of benzene rings is 1. The summed E-state index contributed by atoms with van der Waals surface area (Å²) in [7, 11) is 0. The van der Waals surface area contributed by atoms with E-state index in [-0.39, 0.29) is 23.3 Å². The van der Waals surface area contributed by atoms with Crippen molar-refractivity contribution < 1.29 is 9.18 Å². The lowest BCUT2D eigenvalue weighted by atomic mass is 10.1. The minimum Gasteiger partial charge on any atom is -0.330 e. The molecule has 0 saturated carbocycles. The Morgan fingerprint density at radius 1 is 1.57 bits per heavy atom. The number of carbonyl (C=O) groups excluding carboxylic acids is 1. The minimum atomic E-state index is -0.497. The number of nitrogens with zero attached hydrogens (tertiary/aromatic N) is 1. The van der Waals surface area contributed by atoms with E-state index in [1.54, 1.807) is 0 Å². The molecule has 0 radical (unpaired) electrons. The van der Waals surface area contributed by atoms with Crippen LogP contribution in [0.3, 0.4) is 0 Å². The molecule has 0 aromatic heterocycles. The molecule has 1 aliphatic heterocycles. The van der Waals surface area contributed by atoms with Crippen molar-refractivity contribution in [2.75, 3.05) is 25.0 Å². The molecule has 1 saturated heterocycles. The monoisotopic (exact) mass is 335 g/mol. The summed E-state index contributed by atoms with van der Waals surface area (Å²) in [5.74, 6) is -0.168. The van der Waals surface area contributed by atoms with E-state index in [0.29, 0.717) is 30.7 Å². The number of nitrogens with two attached hydrogens (primary N) is 1. The van der Waals surface area contributed by atoms with E-state index >= 15 is 0 Å². The third-order valence-electron chi connectivity index (χ3n) is 3.67. The van der Waals surface area contributed by atoms with E-state index in [1.165, 1.54) is 18.2 Å². The number of likely N-dealkylation sites (tertiary alicyclic amines) is 1.